The Morgan fingerprint density at radius 2 is 1.84 bits per heavy atom. The summed E-state index contributed by atoms with van der Waals surface area (Å²) in [4.78, 5) is 0. The molecule has 0 saturated carbocycles. The van der Waals surface area contributed by atoms with Crippen LogP contribution in [0.3, 0.4) is 0 Å². The first-order valence-corrected chi connectivity index (χ1v) is 6.54. The van der Waals surface area contributed by atoms with E-state index in [1.165, 1.54) is 0 Å². The molecule has 0 saturated heterocycles. The number of rotatable bonds is 2. The molecule has 96 valence electrons. The lowest BCUT2D eigenvalue weighted by molar-refractivity contribution is 0.779. The predicted molar refractivity (Wildman–Crippen MR) is 77.9 cm³/mol. The van der Waals surface area contributed by atoms with Gasteiger partial charge in [0.25, 0.3) is 0 Å². The van der Waals surface area contributed by atoms with Crippen molar-refractivity contribution in [2.45, 2.75) is 0 Å². The van der Waals surface area contributed by atoms with Crippen LogP contribution in [-0.2, 0) is 7.05 Å². The number of nitrogen functional groups attached to an aromatic ring is 1. The smallest absolute Gasteiger partial charge is 0.129 e. The fourth-order valence-corrected chi connectivity index (χ4v) is 2.34. The molecule has 0 atom stereocenters. The third kappa shape index (κ3) is 2.04. The number of nitrogens with zero attached hydrogens (tertiary/aromatic N) is 4. The number of halogens is 1. The first-order chi connectivity index (χ1) is 9.16. The van der Waals surface area contributed by atoms with Crippen molar-refractivity contribution in [3.63, 3.8) is 0 Å². The van der Waals surface area contributed by atoms with Crippen LogP contribution < -0.4 is 5.73 Å². The summed E-state index contributed by atoms with van der Waals surface area (Å²) in [5.41, 5.74) is 8.93. The highest BCUT2D eigenvalue weighted by Gasteiger charge is 2.08. The highest BCUT2D eigenvalue weighted by molar-refractivity contribution is 9.10. The van der Waals surface area contributed by atoms with E-state index in [1.807, 2.05) is 42.1 Å². The third-order valence-electron chi connectivity index (χ3n) is 3.00. The molecule has 6 heteroatoms. The van der Waals surface area contributed by atoms with Crippen molar-refractivity contribution in [2.75, 3.05) is 5.73 Å². The summed E-state index contributed by atoms with van der Waals surface area (Å²) < 4.78 is 4.39. The van der Waals surface area contributed by atoms with Crippen LogP contribution >= 0.6 is 15.9 Å². The van der Waals surface area contributed by atoms with Gasteiger partial charge in [-0.15, -0.1) is 0 Å². The molecule has 3 rings (SSSR count). The predicted octanol–water partition coefficient (Wildman–Crippen LogP) is 2.62. The maximum absolute atomic E-state index is 5.97. The highest BCUT2D eigenvalue weighted by atomic mass is 79.9. The summed E-state index contributed by atoms with van der Waals surface area (Å²) in [6.45, 7) is 0. The monoisotopic (exact) mass is 317 g/mol. The van der Waals surface area contributed by atoms with E-state index < -0.39 is 0 Å². The summed E-state index contributed by atoms with van der Waals surface area (Å²) in [6, 6.07) is 9.92. The zero-order valence-corrected chi connectivity index (χ0v) is 11.9. The van der Waals surface area contributed by atoms with Gasteiger partial charge in [-0.3, -0.25) is 4.68 Å². The summed E-state index contributed by atoms with van der Waals surface area (Å²) in [7, 11) is 1.83. The van der Waals surface area contributed by atoms with Gasteiger partial charge in [0.1, 0.15) is 10.4 Å². The van der Waals surface area contributed by atoms with E-state index in [2.05, 4.69) is 26.1 Å². The maximum atomic E-state index is 5.97. The van der Waals surface area contributed by atoms with Crippen LogP contribution in [0.2, 0.25) is 0 Å². The number of nitrogens with two attached hydrogens (primary N) is 1. The Hall–Kier alpha value is -2.08. The molecule has 0 unspecified atom stereocenters. The Morgan fingerprint density at radius 3 is 2.37 bits per heavy atom. The van der Waals surface area contributed by atoms with E-state index in [-0.39, 0.29) is 0 Å². The average molecular weight is 318 g/mol. The molecule has 1 aromatic carbocycles. The van der Waals surface area contributed by atoms with Crippen molar-refractivity contribution in [2.24, 2.45) is 7.05 Å². The minimum atomic E-state index is 0.660. The van der Waals surface area contributed by atoms with Crippen molar-refractivity contribution in [1.29, 1.82) is 0 Å². The maximum Gasteiger partial charge on any atom is 0.129 e. The fourth-order valence-electron chi connectivity index (χ4n) is 1.93. The molecule has 0 aliphatic carbocycles. The van der Waals surface area contributed by atoms with Crippen molar-refractivity contribution in [1.82, 2.24) is 19.6 Å². The molecule has 19 heavy (non-hydrogen) atoms. The Morgan fingerprint density at radius 1 is 1.11 bits per heavy atom. The Bertz CT molecular complexity index is 711. The van der Waals surface area contributed by atoms with Crippen molar-refractivity contribution < 1.29 is 0 Å². The molecule has 5 nitrogen and oxygen atoms in total. The first kappa shape index (κ1) is 12.0. The van der Waals surface area contributed by atoms with E-state index in [0.29, 0.717) is 5.82 Å². The van der Waals surface area contributed by atoms with Crippen molar-refractivity contribution in [3.8, 4) is 16.8 Å². The van der Waals surface area contributed by atoms with Gasteiger partial charge in [0.05, 0.1) is 18.1 Å². The molecule has 0 aliphatic heterocycles. The van der Waals surface area contributed by atoms with Gasteiger partial charge in [0, 0.05) is 12.6 Å². The van der Waals surface area contributed by atoms with Gasteiger partial charge in [-0.1, -0.05) is 12.1 Å². The molecule has 2 aromatic heterocycles. The first-order valence-electron chi connectivity index (χ1n) is 5.74. The molecule has 0 radical (unpaired) electrons. The second-order valence-corrected chi connectivity index (χ2v) is 4.99. The van der Waals surface area contributed by atoms with Crippen LogP contribution in [-0.4, -0.2) is 19.6 Å². The molecule has 2 heterocycles. The van der Waals surface area contributed by atoms with Crippen molar-refractivity contribution in [3.05, 3.63) is 47.3 Å². The quantitative estimate of drug-likeness (QED) is 0.790. The third-order valence-corrected chi connectivity index (χ3v) is 3.60. The minimum absolute atomic E-state index is 0.660. The molecule has 0 amide bonds. The van der Waals surface area contributed by atoms with Crippen LogP contribution in [0.1, 0.15) is 0 Å². The average Bonchev–Trinajstić information content (AvgIpc) is 2.98. The van der Waals surface area contributed by atoms with Crippen LogP contribution in [0, 0.1) is 0 Å². The van der Waals surface area contributed by atoms with Crippen LogP contribution in [0.25, 0.3) is 16.8 Å². The van der Waals surface area contributed by atoms with E-state index in [1.54, 1.807) is 17.1 Å². The van der Waals surface area contributed by atoms with E-state index in [4.69, 9.17) is 5.73 Å². The highest BCUT2D eigenvalue weighted by Crippen LogP contribution is 2.26. The molecule has 0 bridgehead atoms. The second kappa shape index (κ2) is 4.55. The SMILES string of the molecule is Cn1ncc(-c2ccc(-n3nccc3Br)cc2)c1N. The molecule has 0 aliphatic rings. The number of benzene rings is 1. The molecular weight excluding hydrogens is 306 g/mol. The van der Waals surface area contributed by atoms with E-state index in [0.717, 1.165) is 21.4 Å². The number of hydrogen-bond donors (Lipinski definition) is 1. The summed E-state index contributed by atoms with van der Waals surface area (Å²) in [5, 5.41) is 8.38. The second-order valence-electron chi connectivity index (χ2n) is 4.18. The van der Waals surface area contributed by atoms with Crippen LogP contribution in [0.15, 0.2) is 47.3 Å². The molecular formula is C13H12BrN5. The summed E-state index contributed by atoms with van der Waals surface area (Å²) >= 11 is 3.45. The van der Waals surface area contributed by atoms with Gasteiger partial charge >= 0.3 is 0 Å². The van der Waals surface area contributed by atoms with E-state index >= 15 is 0 Å². The molecule has 2 N–H and O–H groups in total. The molecule has 0 spiro atoms. The zero-order chi connectivity index (χ0) is 13.4. The Labute approximate surface area is 118 Å². The van der Waals surface area contributed by atoms with Crippen molar-refractivity contribution >= 4 is 21.7 Å². The summed E-state index contributed by atoms with van der Waals surface area (Å²) in [6.07, 6.45) is 3.52. The normalized spacial score (nSPS) is 10.8. The Kier molecular flexibility index (Phi) is 2.87. The summed E-state index contributed by atoms with van der Waals surface area (Å²) in [5.74, 6) is 0.660. The molecule has 3 aromatic rings. The van der Waals surface area contributed by atoms with Crippen LogP contribution in [0.5, 0.6) is 0 Å². The fraction of sp³-hybridized carbons (Fsp3) is 0.0769. The van der Waals surface area contributed by atoms with Gasteiger partial charge in [-0.2, -0.15) is 10.2 Å². The Balaban J connectivity index is 2.00. The lowest BCUT2D eigenvalue weighted by atomic mass is 10.1. The lowest BCUT2D eigenvalue weighted by Crippen LogP contribution is -1.98. The standard InChI is InChI=1S/C13H12BrN5/c1-18-13(15)11(8-17-18)9-2-4-10(5-3-9)19-12(14)6-7-16-19/h2-8H,15H2,1H3. The van der Waals surface area contributed by atoms with Gasteiger partial charge in [0.15, 0.2) is 0 Å². The van der Waals surface area contributed by atoms with Gasteiger partial charge in [-0.05, 0) is 39.7 Å². The lowest BCUT2D eigenvalue weighted by Gasteiger charge is -2.05. The van der Waals surface area contributed by atoms with Gasteiger partial charge in [-0.25, -0.2) is 4.68 Å². The molecule has 0 fully saturated rings. The van der Waals surface area contributed by atoms with E-state index in [9.17, 15) is 0 Å². The van der Waals surface area contributed by atoms with Gasteiger partial charge in [0.2, 0.25) is 0 Å². The number of hydrogen-bond acceptors (Lipinski definition) is 3. The topological polar surface area (TPSA) is 61.7 Å². The number of aromatic nitrogens is 4. The number of aryl methyl sites for hydroxylation is 1. The van der Waals surface area contributed by atoms with Crippen LogP contribution in [0.4, 0.5) is 5.82 Å². The minimum Gasteiger partial charge on any atom is -0.383 e. The largest absolute Gasteiger partial charge is 0.383 e. The van der Waals surface area contributed by atoms with Gasteiger partial charge < -0.3 is 5.73 Å². The zero-order valence-electron chi connectivity index (χ0n) is 10.3. The number of anilines is 1.